The van der Waals surface area contributed by atoms with Crippen molar-refractivity contribution in [3.63, 3.8) is 0 Å². The maximum Gasteiger partial charge on any atom is 0.120 e. The Balaban J connectivity index is 1.84. The number of nitrogens with one attached hydrogen (secondary N) is 1. The third kappa shape index (κ3) is 2.40. The summed E-state index contributed by atoms with van der Waals surface area (Å²) in [6, 6.07) is 2.52. The van der Waals surface area contributed by atoms with Crippen LogP contribution in [-0.2, 0) is 11.3 Å². The molecule has 3 heteroatoms. The third-order valence-electron chi connectivity index (χ3n) is 4.02. The van der Waals surface area contributed by atoms with Gasteiger partial charge in [0.2, 0.25) is 0 Å². The lowest BCUT2D eigenvalue weighted by Gasteiger charge is -2.51. The Morgan fingerprint density at radius 2 is 2.29 bits per heavy atom. The van der Waals surface area contributed by atoms with Gasteiger partial charge in [0.1, 0.15) is 5.76 Å². The SMILES string of the molecule is CCOC1CC(NCc2occc2C)C1(C)C. The normalized spacial score (nSPS) is 26.8. The molecule has 17 heavy (non-hydrogen) atoms. The monoisotopic (exact) mass is 237 g/mol. The van der Waals surface area contributed by atoms with Gasteiger partial charge in [-0.2, -0.15) is 0 Å². The molecule has 0 bridgehead atoms. The highest BCUT2D eigenvalue weighted by Gasteiger charge is 2.48. The van der Waals surface area contributed by atoms with Crippen molar-refractivity contribution in [3.8, 4) is 0 Å². The van der Waals surface area contributed by atoms with Crippen LogP contribution in [0, 0.1) is 12.3 Å². The van der Waals surface area contributed by atoms with Crippen LogP contribution in [0.4, 0.5) is 0 Å². The molecule has 1 aliphatic rings. The minimum absolute atomic E-state index is 0.219. The summed E-state index contributed by atoms with van der Waals surface area (Å²) in [5.74, 6) is 1.04. The number of aryl methyl sites for hydroxylation is 1. The third-order valence-corrected chi connectivity index (χ3v) is 4.02. The second-order valence-corrected chi connectivity index (χ2v) is 5.46. The zero-order valence-electron chi connectivity index (χ0n) is 11.2. The van der Waals surface area contributed by atoms with Gasteiger partial charge in [0.25, 0.3) is 0 Å². The largest absolute Gasteiger partial charge is 0.468 e. The van der Waals surface area contributed by atoms with Gasteiger partial charge in [-0.25, -0.2) is 0 Å². The Labute approximate surface area is 104 Å². The lowest BCUT2D eigenvalue weighted by atomic mass is 9.64. The number of hydrogen-bond donors (Lipinski definition) is 1. The molecule has 2 atom stereocenters. The first-order chi connectivity index (χ1) is 8.05. The van der Waals surface area contributed by atoms with Crippen molar-refractivity contribution in [2.24, 2.45) is 5.41 Å². The second kappa shape index (κ2) is 4.83. The average Bonchev–Trinajstić information content (AvgIpc) is 2.68. The van der Waals surface area contributed by atoms with Crippen LogP contribution in [0.2, 0.25) is 0 Å². The summed E-state index contributed by atoms with van der Waals surface area (Å²) in [7, 11) is 0. The predicted octanol–water partition coefficient (Wildman–Crippen LogP) is 2.88. The van der Waals surface area contributed by atoms with Crippen LogP contribution in [0.15, 0.2) is 16.7 Å². The molecular formula is C14H23NO2. The minimum atomic E-state index is 0.219. The van der Waals surface area contributed by atoms with Crippen LogP contribution in [-0.4, -0.2) is 18.8 Å². The first-order valence-corrected chi connectivity index (χ1v) is 6.43. The molecule has 1 aromatic rings. The van der Waals surface area contributed by atoms with E-state index in [2.05, 4.69) is 33.0 Å². The molecular weight excluding hydrogens is 214 g/mol. The van der Waals surface area contributed by atoms with Crippen LogP contribution in [0.25, 0.3) is 0 Å². The van der Waals surface area contributed by atoms with E-state index in [1.54, 1.807) is 6.26 Å². The molecule has 1 aromatic heterocycles. The van der Waals surface area contributed by atoms with E-state index >= 15 is 0 Å². The minimum Gasteiger partial charge on any atom is -0.468 e. The number of hydrogen-bond acceptors (Lipinski definition) is 3. The molecule has 0 saturated heterocycles. The summed E-state index contributed by atoms with van der Waals surface area (Å²) < 4.78 is 11.2. The Morgan fingerprint density at radius 1 is 1.53 bits per heavy atom. The first kappa shape index (κ1) is 12.7. The molecule has 1 saturated carbocycles. The number of rotatable bonds is 5. The Kier molecular flexibility index (Phi) is 3.59. The molecule has 96 valence electrons. The van der Waals surface area contributed by atoms with E-state index in [0.717, 1.165) is 25.3 Å². The van der Waals surface area contributed by atoms with Gasteiger partial charge >= 0.3 is 0 Å². The van der Waals surface area contributed by atoms with Crippen molar-refractivity contribution in [2.45, 2.75) is 52.8 Å². The van der Waals surface area contributed by atoms with Gasteiger partial charge in [-0.05, 0) is 31.9 Å². The maximum absolute atomic E-state index is 5.72. The molecule has 3 nitrogen and oxygen atoms in total. The molecule has 2 rings (SSSR count). The zero-order valence-corrected chi connectivity index (χ0v) is 11.2. The van der Waals surface area contributed by atoms with Crippen molar-refractivity contribution < 1.29 is 9.15 Å². The highest BCUT2D eigenvalue weighted by molar-refractivity contribution is 5.15. The smallest absolute Gasteiger partial charge is 0.120 e. The van der Waals surface area contributed by atoms with E-state index in [0.29, 0.717) is 12.1 Å². The molecule has 1 heterocycles. The van der Waals surface area contributed by atoms with E-state index in [9.17, 15) is 0 Å². The van der Waals surface area contributed by atoms with Crippen molar-refractivity contribution in [1.82, 2.24) is 5.32 Å². The van der Waals surface area contributed by atoms with Crippen LogP contribution in [0.3, 0.4) is 0 Å². The van der Waals surface area contributed by atoms with Gasteiger partial charge in [-0.15, -0.1) is 0 Å². The summed E-state index contributed by atoms with van der Waals surface area (Å²) in [6.07, 6.45) is 3.24. The van der Waals surface area contributed by atoms with Crippen molar-refractivity contribution in [2.75, 3.05) is 6.61 Å². The molecule has 1 aliphatic carbocycles. The van der Waals surface area contributed by atoms with E-state index in [4.69, 9.17) is 9.15 Å². The fourth-order valence-corrected chi connectivity index (χ4v) is 2.52. The molecule has 0 spiro atoms. The predicted molar refractivity (Wildman–Crippen MR) is 67.9 cm³/mol. The van der Waals surface area contributed by atoms with E-state index < -0.39 is 0 Å². The summed E-state index contributed by atoms with van der Waals surface area (Å²) in [5, 5.41) is 3.57. The molecule has 1 N–H and O–H groups in total. The Hall–Kier alpha value is -0.800. The van der Waals surface area contributed by atoms with Crippen LogP contribution < -0.4 is 5.32 Å². The maximum atomic E-state index is 5.72. The molecule has 1 fully saturated rings. The summed E-state index contributed by atoms with van der Waals surface area (Å²) in [6.45, 7) is 10.3. The fourth-order valence-electron chi connectivity index (χ4n) is 2.52. The highest BCUT2D eigenvalue weighted by Crippen LogP contribution is 2.42. The Bertz CT molecular complexity index is 370. The zero-order chi connectivity index (χ0) is 12.5. The summed E-state index contributed by atoms with van der Waals surface area (Å²) >= 11 is 0. The number of furan rings is 1. The van der Waals surface area contributed by atoms with Crippen molar-refractivity contribution >= 4 is 0 Å². The molecule has 0 amide bonds. The van der Waals surface area contributed by atoms with E-state index in [1.807, 2.05) is 6.07 Å². The van der Waals surface area contributed by atoms with Gasteiger partial charge in [-0.3, -0.25) is 0 Å². The molecule has 0 aromatic carbocycles. The van der Waals surface area contributed by atoms with Crippen LogP contribution >= 0.6 is 0 Å². The van der Waals surface area contributed by atoms with Gasteiger partial charge < -0.3 is 14.5 Å². The van der Waals surface area contributed by atoms with Gasteiger partial charge in [0.15, 0.2) is 0 Å². The number of ether oxygens (including phenoxy) is 1. The molecule has 2 unspecified atom stereocenters. The van der Waals surface area contributed by atoms with Crippen molar-refractivity contribution in [3.05, 3.63) is 23.7 Å². The second-order valence-electron chi connectivity index (χ2n) is 5.46. The van der Waals surface area contributed by atoms with Crippen LogP contribution in [0.5, 0.6) is 0 Å². The van der Waals surface area contributed by atoms with Crippen molar-refractivity contribution in [1.29, 1.82) is 0 Å². The van der Waals surface area contributed by atoms with Gasteiger partial charge in [0.05, 0.1) is 18.9 Å². The summed E-state index contributed by atoms with van der Waals surface area (Å²) in [5.41, 5.74) is 1.44. The summed E-state index contributed by atoms with van der Waals surface area (Å²) in [4.78, 5) is 0. The fraction of sp³-hybridized carbons (Fsp3) is 0.714. The van der Waals surface area contributed by atoms with Gasteiger partial charge in [-0.1, -0.05) is 13.8 Å². The lowest BCUT2D eigenvalue weighted by Crippen LogP contribution is -2.60. The first-order valence-electron chi connectivity index (χ1n) is 6.43. The standard InChI is InChI=1S/C14H23NO2/c1-5-16-13-8-12(14(13,3)4)15-9-11-10(2)6-7-17-11/h6-7,12-13,15H,5,8-9H2,1-4H3. The topological polar surface area (TPSA) is 34.4 Å². The lowest BCUT2D eigenvalue weighted by molar-refractivity contribution is -0.114. The van der Waals surface area contributed by atoms with E-state index in [1.165, 1.54) is 5.56 Å². The van der Waals surface area contributed by atoms with E-state index in [-0.39, 0.29) is 5.41 Å². The highest BCUT2D eigenvalue weighted by atomic mass is 16.5. The van der Waals surface area contributed by atoms with Crippen LogP contribution in [0.1, 0.15) is 38.5 Å². The molecule has 0 aliphatic heterocycles. The Morgan fingerprint density at radius 3 is 2.82 bits per heavy atom. The van der Waals surface area contributed by atoms with Gasteiger partial charge in [0, 0.05) is 18.1 Å². The quantitative estimate of drug-likeness (QED) is 0.855. The average molecular weight is 237 g/mol. The molecule has 0 radical (unpaired) electrons.